The molecule has 1 unspecified atom stereocenters. The topological polar surface area (TPSA) is 50.7 Å². The van der Waals surface area contributed by atoms with Crippen LogP contribution in [-0.4, -0.2) is 18.3 Å². The highest BCUT2D eigenvalue weighted by Gasteiger charge is 2.13. The number of hydrogen-bond acceptors (Lipinski definition) is 4. The molecule has 0 radical (unpaired) electrons. The summed E-state index contributed by atoms with van der Waals surface area (Å²) in [7, 11) is 0. The summed E-state index contributed by atoms with van der Waals surface area (Å²) in [6.07, 6.45) is -0.602. The molecule has 30 heavy (non-hydrogen) atoms. The monoisotopic (exact) mass is 429 g/mol. The van der Waals surface area contributed by atoms with Crippen LogP contribution in [0.25, 0.3) is 0 Å². The Balaban J connectivity index is 1.63. The van der Waals surface area contributed by atoms with Gasteiger partial charge in [0.2, 0.25) is 0 Å². The van der Waals surface area contributed by atoms with Gasteiger partial charge in [0.25, 0.3) is 0 Å². The Morgan fingerprint density at radius 3 is 2.40 bits per heavy atom. The Bertz CT molecular complexity index is 935. The van der Waals surface area contributed by atoms with Crippen molar-refractivity contribution < 1.29 is 19.0 Å². The fourth-order valence-electron chi connectivity index (χ4n) is 2.97. The average Bonchev–Trinajstić information content (AvgIpc) is 2.76. The number of nitrogens with one attached hydrogen (secondary N) is 1. The van der Waals surface area contributed by atoms with Crippen LogP contribution in [0.15, 0.2) is 66.7 Å². The zero-order valence-electron chi connectivity index (χ0n) is 16.8. The molecule has 0 aromatic heterocycles. The number of benzene rings is 3. The molecule has 0 heterocycles. The minimum absolute atomic E-state index is 0.275. The van der Waals surface area contributed by atoms with E-state index in [2.05, 4.69) is 5.32 Å². The van der Waals surface area contributed by atoms with Crippen LogP contribution in [-0.2, 0) is 13.2 Å². The van der Waals surface area contributed by atoms with Crippen molar-refractivity contribution in [2.75, 3.05) is 13.2 Å². The van der Waals surface area contributed by atoms with E-state index in [0.29, 0.717) is 36.2 Å². The van der Waals surface area contributed by atoms with Gasteiger partial charge < -0.3 is 19.9 Å². The maximum Gasteiger partial charge on any atom is 0.163 e. The van der Waals surface area contributed by atoms with Crippen molar-refractivity contribution in [2.45, 2.75) is 26.2 Å². The first-order valence-corrected chi connectivity index (χ1v) is 10.2. The van der Waals surface area contributed by atoms with Crippen LogP contribution in [0.5, 0.6) is 11.5 Å². The minimum atomic E-state index is -0.602. The van der Waals surface area contributed by atoms with Crippen molar-refractivity contribution in [3.05, 3.63) is 94.3 Å². The zero-order chi connectivity index (χ0) is 21.3. The fourth-order valence-corrected chi connectivity index (χ4v) is 3.19. The summed E-state index contributed by atoms with van der Waals surface area (Å²) >= 11 is 6.45. The Kier molecular flexibility index (Phi) is 8.08. The molecule has 0 fully saturated rings. The molecule has 3 aromatic rings. The third-order valence-electron chi connectivity index (χ3n) is 4.56. The van der Waals surface area contributed by atoms with Crippen molar-refractivity contribution in [3.8, 4) is 11.5 Å². The van der Waals surface area contributed by atoms with E-state index in [0.717, 1.165) is 16.7 Å². The standard InChI is InChI=1S/C24H25ClFNO3/c1-2-29-23-12-19(14-27-15-22(28)18-6-4-3-5-7-18)21(25)13-24(23)30-16-17-8-10-20(26)11-9-17/h3-13,22,27-28H,2,14-16H2,1H3. The summed E-state index contributed by atoms with van der Waals surface area (Å²) < 4.78 is 24.6. The van der Waals surface area contributed by atoms with E-state index in [1.165, 1.54) is 12.1 Å². The SMILES string of the molecule is CCOc1cc(CNCC(O)c2ccccc2)c(Cl)cc1OCc1ccc(F)cc1. The molecule has 0 aliphatic heterocycles. The van der Waals surface area contributed by atoms with Crippen LogP contribution in [0.3, 0.4) is 0 Å². The third kappa shape index (κ3) is 6.20. The van der Waals surface area contributed by atoms with Gasteiger partial charge in [-0.15, -0.1) is 0 Å². The largest absolute Gasteiger partial charge is 0.490 e. The number of aliphatic hydroxyl groups is 1. The normalized spacial score (nSPS) is 11.9. The maximum atomic E-state index is 13.1. The molecular weight excluding hydrogens is 405 g/mol. The van der Waals surface area contributed by atoms with Crippen molar-refractivity contribution in [1.29, 1.82) is 0 Å². The highest BCUT2D eigenvalue weighted by molar-refractivity contribution is 6.31. The molecule has 0 amide bonds. The maximum absolute atomic E-state index is 13.1. The van der Waals surface area contributed by atoms with E-state index in [1.807, 2.05) is 43.3 Å². The predicted molar refractivity (Wildman–Crippen MR) is 116 cm³/mol. The van der Waals surface area contributed by atoms with Gasteiger partial charge >= 0.3 is 0 Å². The molecule has 0 spiro atoms. The molecule has 0 saturated carbocycles. The van der Waals surface area contributed by atoms with E-state index >= 15 is 0 Å². The van der Waals surface area contributed by atoms with Crippen LogP contribution in [0, 0.1) is 5.82 Å². The van der Waals surface area contributed by atoms with Crippen molar-refractivity contribution in [1.82, 2.24) is 5.32 Å². The summed E-state index contributed by atoms with van der Waals surface area (Å²) in [6, 6.07) is 19.2. The third-order valence-corrected chi connectivity index (χ3v) is 4.91. The lowest BCUT2D eigenvalue weighted by Gasteiger charge is -2.16. The Morgan fingerprint density at radius 2 is 1.70 bits per heavy atom. The van der Waals surface area contributed by atoms with Gasteiger partial charge in [-0.3, -0.25) is 0 Å². The van der Waals surface area contributed by atoms with Gasteiger partial charge in [-0.2, -0.15) is 0 Å². The molecule has 6 heteroatoms. The number of halogens is 2. The smallest absolute Gasteiger partial charge is 0.163 e. The average molecular weight is 430 g/mol. The molecule has 3 rings (SSSR count). The molecule has 2 N–H and O–H groups in total. The van der Waals surface area contributed by atoms with Crippen molar-refractivity contribution in [3.63, 3.8) is 0 Å². The lowest BCUT2D eigenvalue weighted by atomic mass is 10.1. The van der Waals surface area contributed by atoms with Crippen molar-refractivity contribution in [2.24, 2.45) is 0 Å². The van der Waals surface area contributed by atoms with Gasteiger partial charge in [-0.05, 0) is 41.8 Å². The molecule has 3 aromatic carbocycles. The lowest BCUT2D eigenvalue weighted by Crippen LogP contribution is -2.21. The van der Waals surface area contributed by atoms with E-state index in [-0.39, 0.29) is 12.4 Å². The van der Waals surface area contributed by atoms with Crippen LogP contribution >= 0.6 is 11.6 Å². The van der Waals surface area contributed by atoms with E-state index in [9.17, 15) is 9.50 Å². The van der Waals surface area contributed by atoms with Gasteiger partial charge in [0.1, 0.15) is 12.4 Å². The molecule has 0 aliphatic rings. The summed E-state index contributed by atoms with van der Waals surface area (Å²) in [5.41, 5.74) is 2.54. The van der Waals surface area contributed by atoms with Gasteiger partial charge in [-0.25, -0.2) is 4.39 Å². The molecule has 4 nitrogen and oxygen atoms in total. The van der Waals surface area contributed by atoms with Crippen LogP contribution < -0.4 is 14.8 Å². The Morgan fingerprint density at radius 1 is 1.00 bits per heavy atom. The molecule has 0 aliphatic carbocycles. The number of ether oxygens (including phenoxy) is 2. The van der Waals surface area contributed by atoms with Crippen molar-refractivity contribution >= 4 is 11.6 Å². The predicted octanol–water partition coefficient (Wildman–Crippen LogP) is 5.28. The molecule has 0 bridgehead atoms. The first-order valence-electron chi connectivity index (χ1n) is 9.83. The number of hydrogen-bond donors (Lipinski definition) is 2. The summed E-state index contributed by atoms with van der Waals surface area (Å²) in [5, 5.41) is 14.0. The van der Waals surface area contributed by atoms with E-state index in [4.69, 9.17) is 21.1 Å². The second-order valence-corrected chi connectivity index (χ2v) is 7.20. The summed E-state index contributed by atoms with van der Waals surface area (Å²) in [6.45, 7) is 3.52. The molecule has 1 atom stereocenters. The second-order valence-electron chi connectivity index (χ2n) is 6.80. The fraction of sp³-hybridized carbons (Fsp3) is 0.250. The summed E-state index contributed by atoms with van der Waals surface area (Å²) in [4.78, 5) is 0. The van der Waals surface area contributed by atoms with Gasteiger partial charge in [0, 0.05) is 24.2 Å². The molecule has 0 saturated heterocycles. The summed E-state index contributed by atoms with van der Waals surface area (Å²) in [5.74, 6) is 0.828. The van der Waals surface area contributed by atoms with Crippen LogP contribution in [0.2, 0.25) is 5.02 Å². The quantitative estimate of drug-likeness (QED) is 0.460. The minimum Gasteiger partial charge on any atom is -0.490 e. The van der Waals surface area contributed by atoms with E-state index < -0.39 is 6.10 Å². The van der Waals surface area contributed by atoms with Gasteiger partial charge in [-0.1, -0.05) is 54.1 Å². The first kappa shape index (κ1) is 22.1. The highest BCUT2D eigenvalue weighted by atomic mass is 35.5. The number of rotatable bonds is 10. The second kappa shape index (κ2) is 11.0. The highest BCUT2D eigenvalue weighted by Crippen LogP contribution is 2.34. The molecular formula is C24H25ClFNO3. The van der Waals surface area contributed by atoms with E-state index in [1.54, 1.807) is 18.2 Å². The first-order chi connectivity index (χ1) is 14.6. The Labute approximate surface area is 181 Å². The van der Waals surface area contributed by atoms with Crippen LogP contribution in [0.1, 0.15) is 29.7 Å². The van der Waals surface area contributed by atoms with Gasteiger partial charge in [0.05, 0.1) is 12.7 Å². The number of aliphatic hydroxyl groups excluding tert-OH is 1. The lowest BCUT2D eigenvalue weighted by molar-refractivity contribution is 0.174. The van der Waals surface area contributed by atoms with Crippen LogP contribution in [0.4, 0.5) is 4.39 Å². The Hall–Kier alpha value is -2.60. The van der Waals surface area contributed by atoms with Gasteiger partial charge in [0.15, 0.2) is 11.5 Å². The zero-order valence-corrected chi connectivity index (χ0v) is 17.5. The molecule has 158 valence electrons.